The number of nitrogens with zero attached hydrogens (tertiary/aromatic N) is 2. The van der Waals surface area contributed by atoms with Crippen LogP contribution in [0.1, 0.15) is 71.3 Å². The molecule has 2 N–H and O–H groups in total. The molecular formula is C54H56N2O4S4. The van der Waals surface area contributed by atoms with Gasteiger partial charge < -0.3 is 19.7 Å². The van der Waals surface area contributed by atoms with E-state index in [-0.39, 0.29) is 11.0 Å². The number of likely N-dealkylation sites (tertiary alicyclic amines) is 2. The van der Waals surface area contributed by atoms with Crippen LogP contribution in [0.5, 0.6) is 23.0 Å². The predicted molar refractivity (Wildman–Crippen MR) is 269 cm³/mol. The van der Waals surface area contributed by atoms with E-state index in [0.29, 0.717) is 11.0 Å². The van der Waals surface area contributed by atoms with E-state index in [2.05, 4.69) is 107 Å². The summed E-state index contributed by atoms with van der Waals surface area (Å²) in [5, 5.41) is 20.1. The second kappa shape index (κ2) is 22.2. The van der Waals surface area contributed by atoms with Crippen LogP contribution in [0.3, 0.4) is 0 Å². The number of piperidine rings is 2. The van der Waals surface area contributed by atoms with Crippen molar-refractivity contribution in [2.75, 3.05) is 52.5 Å². The van der Waals surface area contributed by atoms with E-state index in [4.69, 9.17) is 9.47 Å². The average molecular weight is 925 g/mol. The lowest BCUT2D eigenvalue weighted by atomic mass is 10.0. The number of fused-ring (bicyclic) bond motifs is 2. The van der Waals surface area contributed by atoms with Gasteiger partial charge in [-0.25, -0.2) is 0 Å². The molecule has 0 aliphatic carbocycles. The Balaban J connectivity index is 0.000000162. The minimum Gasteiger partial charge on any atom is -0.508 e. The van der Waals surface area contributed by atoms with E-state index in [0.717, 1.165) is 43.4 Å². The highest BCUT2D eigenvalue weighted by molar-refractivity contribution is 8.16. The highest BCUT2D eigenvalue weighted by Crippen LogP contribution is 2.59. The topological polar surface area (TPSA) is 65.4 Å². The van der Waals surface area contributed by atoms with Gasteiger partial charge in [-0.1, -0.05) is 109 Å². The molecule has 64 heavy (non-hydrogen) atoms. The van der Waals surface area contributed by atoms with Gasteiger partial charge in [0.05, 0.1) is 10.5 Å². The first-order valence-corrected chi connectivity index (χ1v) is 26.0. The molecule has 2 atom stereocenters. The van der Waals surface area contributed by atoms with Crippen molar-refractivity contribution in [1.29, 1.82) is 0 Å². The van der Waals surface area contributed by atoms with Crippen LogP contribution in [-0.2, 0) is 0 Å². The molecule has 0 unspecified atom stereocenters. The molecule has 0 radical (unpaired) electrons. The summed E-state index contributed by atoms with van der Waals surface area (Å²) in [7, 11) is 0. The first kappa shape index (κ1) is 44.8. The second-order valence-electron chi connectivity index (χ2n) is 16.6. The summed E-state index contributed by atoms with van der Waals surface area (Å²) < 4.78 is 12.1. The minimum atomic E-state index is 0.279. The summed E-state index contributed by atoms with van der Waals surface area (Å²) in [5.74, 6) is 2.47. The highest BCUT2D eigenvalue weighted by Gasteiger charge is 2.32. The van der Waals surface area contributed by atoms with Crippen molar-refractivity contribution in [1.82, 2.24) is 9.80 Å². The van der Waals surface area contributed by atoms with E-state index in [1.165, 1.54) is 111 Å². The smallest absolute Gasteiger partial charge is 0.119 e. The first-order chi connectivity index (χ1) is 31.5. The molecule has 0 spiro atoms. The molecule has 10 rings (SSSR count). The van der Waals surface area contributed by atoms with Crippen LogP contribution in [0.2, 0.25) is 0 Å². The Kier molecular flexibility index (Phi) is 15.5. The van der Waals surface area contributed by atoms with Crippen molar-refractivity contribution in [3.05, 3.63) is 168 Å². The van der Waals surface area contributed by atoms with Crippen molar-refractivity contribution in [3.8, 4) is 23.0 Å². The maximum absolute atomic E-state index is 9.75. The fraction of sp³-hybridized carbons (Fsp3) is 0.296. The zero-order chi connectivity index (χ0) is 43.5. The Morgan fingerprint density at radius 3 is 1.22 bits per heavy atom. The Hall–Kier alpha value is -4.42. The van der Waals surface area contributed by atoms with E-state index >= 15 is 0 Å². The Morgan fingerprint density at radius 1 is 0.422 bits per heavy atom. The number of ether oxygens (including phenoxy) is 2. The molecule has 0 saturated carbocycles. The van der Waals surface area contributed by atoms with Crippen molar-refractivity contribution < 1.29 is 19.7 Å². The van der Waals surface area contributed by atoms with Crippen molar-refractivity contribution in [3.63, 3.8) is 0 Å². The lowest BCUT2D eigenvalue weighted by Crippen LogP contribution is -2.33. The number of benzene rings is 6. The largest absolute Gasteiger partial charge is 0.508 e. The number of phenols is 2. The molecule has 0 bridgehead atoms. The number of hydrogen-bond acceptors (Lipinski definition) is 10. The van der Waals surface area contributed by atoms with Crippen LogP contribution < -0.4 is 9.47 Å². The summed E-state index contributed by atoms with van der Waals surface area (Å²) in [6.45, 7) is 8.31. The van der Waals surface area contributed by atoms with Crippen LogP contribution >= 0.6 is 47.0 Å². The lowest BCUT2D eigenvalue weighted by Gasteiger charge is -2.32. The zero-order valence-corrected chi connectivity index (χ0v) is 39.4. The summed E-state index contributed by atoms with van der Waals surface area (Å²) >= 11 is 7.44. The van der Waals surface area contributed by atoms with Gasteiger partial charge in [0, 0.05) is 42.5 Å². The van der Waals surface area contributed by atoms with Crippen LogP contribution in [0.25, 0.3) is 9.81 Å². The third-order valence-corrected chi connectivity index (χ3v) is 17.9. The molecule has 4 heterocycles. The Morgan fingerprint density at radius 2 is 0.781 bits per heavy atom. The number of phenolic OH excluding ortho intramolecular Hbond substituents is 2. The fourth-order valence-electron chi connectivity index (χ4n) is 8.52. The Labute approximate surface area is 395 Å². The van der Waals surface area contributed by atoms with Gasteiger partial charge in [0.1, 0.15) is 36.2 Å². The Bertz CT molecular complexity index is 2450. The molecule has 4 aliphatic heterocycles. The molecule has 330 valence electrons. The van der Waals surface area contributed by atoms with Gasteiger partial charge in [0.2, 0.25) is 0 Å². The van der Waals surface area contributed by atoms with Gasteiger partial charge in [-0.05, 0) is 147 Å². The van der Waals surface area contributed by atoms with E-state index < -0.39 is 0 Å². The molecule has 2 saturated heterocycles. The molecule has 2 fully saturated rings. The molecular weight excluding hydrogens is 869 g/mol. The minimum absolute atomic E-state index is 0.279. The van der Waals surface area contributed by atoms with Gasteiger partial charge in [-0.2, -0.15) is 0 Å². The summed E-state index contributed by atoms with van der Waals surface area (Å²) in [5.41, 5.74) is 4.84. The average Bonchev–Trinajstić information content (AvgIpc) is 3.35. The maximum Gasteiger partial charge on any atom is 0.119 e. The summed E-state index contributed by atoms with van der Waals surface area (Å²) in [6.07, 6.45) is 7.99. The normalized spacial score (nSPS) is 18.9. The van der Waals surface area contributed by atoms with E-state index in [9.17, 15) is 10.2 Å². The summed E-state index contributed by atoms with van der Waals surface area (Å²) in [4.78, 5) is 12.7. The molecule has 10 heteroatoms. The molecule has 0 amide bonds. The standard InChI is InChI=1S/C27H29NO2S2.C27H27NO2S2/c2*29-22-12-8-20(9-13-22)26-27(32-25-7-3-2-6-24(25)31-26)21-10-14-23(15-11-21)30-19-18-28-16-4-1-5-17-28/h2-3,6-15,26-27,29H,1,4-5,16-19H2;2-3,6-15,29H,1,4-5,16-19H2/t26-,27+;/m0./s1. The number of hydrogen-bond donors (Lipinski definition) is 2. The van der Waals surface area contributed by atoms with Crippen LogP contribution in [0.4, 0.5) is 0 Å². The van der Waals surface area contributed by atoms with Gasteiger partial charge >= 0.3 is 0 Å². The van der Waals surface area contributed by atoms with Crippen LogP contribution in [-0.4, -0.2) is 72.5 Å². The molecule has 6 aromatic rings. The zero-order valence-electron chi connectivity index (χ0n) is 36.1. The van der Waals surface area contributed by atoms with Crippen LogP contribution in [0.15, 0.2) is 165 Å². The van der Waals surface area contributed by atoms with Crippen molar-refractivity contribution in [2.45, 2.75) is 68.6 Å². The third-order valence-electron chi connectivity index (χ3n) is 12.0. The first-order valence-electron chi connectivity index (χ1n) is 22.6. The second-order valence-corrected chi connectivity index (χ2v) is 21.0. The molecule has 0 aromatic heterocycles. The number of thioether (sulfide) groups is 4. The third kappa shape index (κ3) is 11.7. The molecule has 6 nitrogen and oxygen atoms in total. The van der Waals surface area contributed by atoms with Crippen molar-refractivity contribution in [2.24, 2.45) is 0 Å². The lowest BCUT2D eigenvalue weighted by molar-refractivity contribution is 0.183. The van der Waals surface area contributed by atoms with Gasteiger partial charge in [-0.3, -0.25) is 9.80 Å². The molecule has 4 aliphatic rings. The number of rotatable bonds is 12. The van der Waals surface area contributed by atoms with E-state index in [1.807, 2.05) is 59.6 Å². The van der Waals surface area contributed by atoms with Gasteiger partial charge in [-0.15, -0.1) is 23.5 Å². The van der Waals surface area contributed by atoms with E-state index in [1.54, 1.807) is 36.0 Å². The SMILES string of the molecule is Oc1ccc(C2=C(c3ccc(OCCN4CCCCC4)cc3)Sc3ccccc3S2)cc1.Oc1ccc([C@@H]2Sc3ccccc3S[C@@H]2c2ccc(OCCN3CCCCC3)cc2)cc1. The van der Waals surface area contributed by atoms with Crippen molar-refractivity contribution >= 4 is 56.9 Å². The predicted octanol–water partition coefficient (Wildman–Crippen LogP) is 13.9. The molecule has 6 aromatic carbocycles. The van der Waals surface area contributed by atoms with Crippen LogP contribution in [0, 0.1) is 0 Å². The maximum atomic E-state index is 9.75. The monoisotopic (exact) mass is 924 g/mol. The van der Waals surface area contributed by atoms with Gasteiger partial charge in [0.15, 0.2) is 0 Å². The fourth-order valence-corrected chi connectivity index (χ4v) is 14.0. The quantitative estimate of drug-likeness (QED) is 0.124. The summed E-state index contributed by atoms with van der Waals surface area (Å²) in [6, 6.07) is 49.5. The highest BCUT2D eigenvalue weighted by atomic mass is 32.2. The van der Waals surface area contributed by atoms with Gasteiger partial charge in [0.25, 0.3) is 0 Å². The number of aromatic hydroxyl groups is 2.